The fourth-order valence-corrected chi connectivity index (χ4v) is 3.27. The molecular weight excluding hydrogens is 296 g/mol. The minimum atomic E-state index is -0.155. The standard InChI is InChI=1S/C16H26N4O3/c1-16(3-4-19(2)12-16)11-17-15(21)14-9-13(23-18-14)10-20-5-7-22-8-6-20/h9H,3-8,10-12H2,1-2H3,(H,17,21)/t16-/m0/s1. The zero-order valence-electron chi connectivity index (χ0n) is 14.0. The number of nitrogens with one attached hydrogen (secondary N) is 1. The summed E-state index contributed by atoms with van der Waals surface area (Å²) in [4.78, 5) is 16.8. The molecule has 3 heterocycles. The van der Waals surface area contributed by atoms with E-state index in [0.717, 1.165) is 51.6 Å². The van der Waals surface area contributed by atoms with Crippen LogP contribution in [0, 0.1) is 5.41 Å². The summed E-state index contributed by atoms with van der Waals surface area (Å²) in [5, 5.41) is 6.91. The summed E-state index contributed by atoms with van der Waals surface area (Å²) < 4.78 is 10.6. The Kier molecular flexibility index (Phi) is 4.99. The Morgan fingerprint density at radius 2 is 2.17 bits per heavy atom. The molecule has 0 radical (unpaired) electrons. The maximum Gasteiger partial charge on any atom is 0.273 e. The van der Waals surface area contributed by atoms with Crippen LogP contribution in [-0.4, -0.2) is 73.8 Å². The molecule has 1 atom stereocenters. The fraction of sp³-hybridized carbons (Fsp3) is 0.750. The molecule has 0 unspecified atom stereocenters. The minimum absolute atomic E-state index is 0.144. The molecule has 0 bridgehead atoms. The van der Waals surface area contributed by atoms with Gasteiger partial charge in [-0.2, -0.15) is 0 Å². The Bertz CT molecular complexity index is 541. The van der Waals surface area contributed by atoms with E-state index in [0.29, 0.717) is 18.8 Å². The quantitative estimate of drug-likeness (QED) is 0.855. The summed E-state index contributed by atoms with van der Waals surface area (Å²) >= 11 is 0. The van der Waals surface area contributed by atoms with Gasteiger partial charge in [0.05, 0.1) is 19.8 Å². The first-order valence-electron chi connectivity index (χ1n) is 8.27. The minimum Gasteiger partial charge on any atom is -0.379 e. The second-order valence-corrected chi connectivity index (χ2v) is 7.05. The van der Waals surface area contributed by atoms with Gasteiger partial charge in [0.1, 0.15) is 0 Å². The molecule has 0 aliphatic carbocycles. The van der Waals surface area contributed by atoms with Crippen molar-refractivity contribution in [3.63, 3.8) is 0 Å². The maximum atomic E-state index is 12.2. The van der Waals surface area contributed by atoms with Crippen molar-refractivity contribution in [3.8, 4) is 0 Å². The first-order valence-corrected chi connectivity index (χ1v) is 8.27. The van der Waals surface area contributed by atoms with Crippen molar-refractivity contribution in [1.29, 1.82) is 0 Å². The molecule has 1 N–H and O–H groups in total. The van der Waals surface area contributed by atoms with Crippen molar-refractivity contribution in [2.24, 2.45) is 5.41 Å². The molecule has 0 spiro atoms. The number of carbonyl (C=O) groups excluding carboxylic acids is 1. The molecule has 23 heavy (non-hydrogen) atoms. The molecule has 2 aliphatic heterocycles. The third-order valence-corrected chi connectivity index (χ3v) is 4.70. The lowest BCUT2D eigenvalue weighted by Gasteiger charge is -2.25. The Labute approximate surface area is 136 Å². The smallest absolute Gasteiger partial charge is 0.273 e. The summed E-state index contributed by atoms with van der Waals surface area (Å²) in [6, 6.07) is 1.74. The SMILES string of the molecule is CN1CC[C@@](C)(CNC(=O)c2cc(CN3CCOCC3)on2)C1. The molecule has 0 aromatic carbocycles. The highest BCUT2D eigenvalue weighted by Gasteiger charge is 2.32. The lowest BCUT2D eigenvalue weighted by molar-refractivity contribution is 0.0305. The van der Waals surface area contributed by atoms with Crippen LogP contribution >= 0.6 is 0 Å². The summed E-state index contributed by atoms with van der Waals surface area (Å²) in [6.45, 7) is 8.90. The Morgan fingerprint density at radius 3 is 2.87 bits per heavy atom. The molecule has 2 aliphatic rings. The number of ether oxygens (including phenoxy) is 1. The number of rotatable bonds is 5. The van der Waals surface area contributed by atoms with Crippen LogP contribution in [0.4, 0.5) is 0 Å². The van der Waals surface area contributed by atoms with E-state index in [9.17, 15) is 4.79 Å². The summed E-state index contributed by atoms with van der Waals surface area (Å²) in [6.07, 6.45) is 1.10. The second kappa shape index (κ2) is 6.98. The highest BCUT2D eigenvalue weighted by atomic mass is 16.5. The molecule has 0 saturated carbocycles. The molecular formula is C16H26N4O3. The first-order chi connectivity index (χ1) is 11.0. The van der Waals surface area contributed by atoms with E-state index < -0.39 is 0 Å². The third-order valence-electron chi connectivity index (χ3n) is 4.70. The average molecular weight is 322 g/mol. The molecule has 2 saturated heterocycles. The van der Waals surface area contributed by atoms with Crippen molar-refractivity contribution in [2.75, 3.05) is 53.0 Å². The van der Waals surface area contributed by atoms with Gasteiger partial charge in [0.15, 0.2) is 11.5 Å². The van der Waals surface area contributed by atoms with Crippen molar-refractivity contribution in [2.45, 2.75) is 19.9 Å². The fourth-order valence-electron chi connectivity index (χ4n) is 3.27. The lowest BCUT2D eigenvalue weighted by Crippen LogP contribution is -2.37. The van der Waals surface area contributed by atoms with Crippen LogP contribution in [-0.2, 0) is 11.3 Å². The van der Waals surface area contributed by atoms with Gasteiger partial charge in [-0.1, -0.05) is 12.1 Å². The Hall–Kier alpha value is -1.44. The largest absolute Gasteiger partial charge is 0.379 e. The molecule has 2 fully saturated rings. The van der Waals surface area contributed by atoms with Gasteiger partial charge in [0.25, 0.3) is 5.91 Å². The predicted molar refractivity (Wildman–Crippen MR) is 85.2 cm³/mol. The third kappa shape index (κ3) is 4.31. The average Bonchev–Trinajstić information content (AvgIpc) is 3.13. The maximum absolute atomic E-state index is 12.2. The number of nitrogens with zero attached hydrogens (tertiary/aromatic N) is 3. The normalized spacial score (nSPS) is 26.5. The van der Waals surface area contributed by atoms with E-state index in [1.165, 1.54) is 0 Å². The van der Waals surface area contributed by atoms with E-state index in [1.54, 1.807) is 6.07 Å². The van der Waals surface area contributed by atoms with Crippen LogP contribution in [0.5, 0.6) is 0 Å². The predicted octanol–water partition coefficient (Wildman–Crippen LogP) is 0.578. The first kappa shape index (κ1) is 16.4. The number of hydrogen-bond acceptors (Lipinski definition) is 6. The summed E-state index contributed by atoms with van der Waals surface area (Å²) in [7, 11) is 2.11. The molecule has 128 valence electrons. The van der Waals surface area contributed by atoms with Crippen molar-refractivity contribution in [3.05, 3.63) is 17.5 Å². The molecule has 3 rings (SSSR count). The Morgan fingerprint density at radius 1 is 1.39 bits per heavy atom. The van der Waals surface area contributed by atoms with Crippen LogP contribution in [0.15, 0.2) is 10.6 Å². The molecule has 7 nitrogen and oxygen atoms in total. The van der Waals surface area contributed by atoms with Gasteiger partial charge in [0.2, 0.25) is 0 Å². The highest BCUT2D eigenvalue weighted by molar-refractivity contribution is 5.92. The molecule has 1 aromatic heterocycles. The van der Waals surface area contributed by atoms with Gasteiger partial charge in [-0.3, -0.25) is 9.69 Å². The van der Waals surface area contributed by atoms with Gasteiger partial charge in [0, 0.05) is 32.2 Å². The van der Waals surface area contributed by atoms with Gasteiger partial charge >= 0.3 is 0 Å². The van der Waals surface area contributed by atoms with Crippen molar-refractivity contribution >= 4 is 5.91 Å². The van der Waals surface area contributed by atoms with Crippen LogP contribution in [0.2, 0.25) is 0 Å². The van der Waals surface area contributed by atoms with Gasteiger partial charge in [-0.25, -0.2) is 0 Å². The van der Waals surface area contributed by atoms with Crippen molar-refractivity contribution in [1.82, 2.24) is 20.3 Å². The monoisotopic (exact) mass is 322 g/mol. The number of hydrogen-bond donors (Lipinski definition) is 1. The number of morpholine rings is 1. The zero-order valence-corrected chi connectivity index (χ0v) is 14.0. The number of amides is 1. The summed E-state index contributed by atoms with van der Waals surface area (Å²) in [5.74, 6) is 0.571. The lowest BCUT2D eigenvalue weighted by atomic mass is 9.90. The number of likely N-dealkylation sites (tertiary alicyclic amines) is 1. The van der Waals surface area contributed by atoms with Gasteiger partial charge in [-0.15, -0.1) is 0 Å². The van der Waals surface area contributed by atoms with Crippen molar-refractivity contribution < 1.29 is 14.1 Å². The zero-order chi connectivity index (χ0) is 16.3. The molecule has 7 heteroatoms. The molecule has 1 aromatic rings. The van der Waals surface area contributed by atoms with E-state index >= 15 is 0 Å². The number of aromatic nitrogens is 1. The van der Waals surface area contributed by atoms with Crippen LogP contribution in [0.3, 0.4) is 0 Å². The van der Waals surface area contributed by atoms with Crippen LogP contribution < -0.4 is 5.32 Å². The van der Waals surface area contributed by atoms with E-state index in [1.807, 2.05) is 0 Å². The van der Waals surface area contributed by atoms with E-state index in [4.69, 9.17) is 9.26 Å². The van der Waals surface area contributed by atoms with E-state index in [2.05, 4.69) is 34.2 Å². The topological polar surface area (TPSA) is 70.8 Å². The number of carbonyl (C=O) groups is 1. The highest BCUT2D eigenvalue weighted by Crippen LogP contribution is 2.27. The van der Waals surface area contributed by atoms with Crippen LogP contribution in [0.1, 0.15) is 29.6 Å². The second-order valence-electron chi connectivity index (χ2n) is 7.05. The molecule has 1 amide bonds. The Balaban J connectivity index is 1.50. The van der Waals surface area contributed by atoms with Gasteiger partial charge < -0.3 is 19.5 Å². The van der Waals surface area contributed by atoms with Gasteiger partial charge in [-0.05, 0) is 25.4 Å². The van der Waals surface area contributed by atoms with Crippen LogP contribution in [0.25, 0.3) is 0 Å². The summed E-state index contributed by atoms with van der Waals surface area (Å²) in [5.41, 5.74) is 0.508. The van der Waals surface area contributed by atoms with E-state index in [-0.39, 0.29) is 11.3 Å².